The van der Waals surface area contributed by atoms with Crippen LogP contribution in [0.1, 0.15) is 45.4 Å². The molecule has 1 aliphatic carbocycles. The third-order valence-electron chi connectivity index (χ3n) is 5.35. The second kappa shape index (κ2) is 12.8. The summed E-state index contributed by atoms with van der Waals surface area (Å²) < 4.78 is 0. The van der Waals surface area contributed by atoms with E-state index in [0.29, 0.717) is 32.1 Å². The third-order valence-corrected chi connectivity index (χ3v) is 5.35. The number of hydrogen-bond acceptors (Lipinski definition) is 5. The normalized spacial score (nSPS) is 18.2. The first-order chi connectivity index (χ1) is 13.8. The largest absolute Gasteiger partial charge is 0.357 e. The summed E-state index contributed by atoms with van der Waals surface area (Å²) in [4.78, 5) is 29.8. The van der Waals surface area contributed by atoms with Crippen molar-refractivity contribution in [3.05, 3.63) is 18.5 Å². The van der Waals surface area contributed by atoms with Crippen LogP contribution in [-0.2, 0) is 4.79 Å². The number of guanidine groups is 1. The molecule has 2 aliphatic rings. The van der Waals surface area contributed by atoms with Gasteiger partial charge in [0.25, 0.3) is 0 Å². The number of aromatic nitrogens is 2. The second-order valence-corrected chi connectivity index (χ2v) is 7.41. The van der Waals surface area contributed by atoms with Gasteiger partial charge in [0.15, 0.2) is 5.96 Å². The molecule has 162 valence electrons. The van der Waals surface area contributed by atoms with Gasteiger partial charge in [-0.3, -0.25) is 9.79 Å². The van der Waals surface area contributed by atoms with Crippen LogP contribution in [0.3, 0.4) is 0 Å². The zero-order valence-electron chi connectivity index (χ0n) is 17.3. The molecule has 8 nitrogen and oxygen atoms in total. The van der Waals surface area contributed by atoms with E-state index < -0.39 is 0 Å². The lowest BCUT2D eigenvalue weighted by molar-refractivity contribution is -0.131. The number of hydrogen-bond donors (Lipinski definition) is 2. The lowest BCUT2D eigenvalue weighted by Gasteiger charge is -2.34. The molecule has 1 aliphatic heterocycles. The van der Waals surface area contributed by atoms with E-state index in [0.717, 1.165) is 31.5 Å². The average molecular weight is 515 g/mol. The van der Waals surface area contributed by atoms with Crippen LogP contribution in [0.25, 0.3) is 0 Å². The van der Waals surface area contributed by atoms with Crippen LogP contribution >= 0.6 is 24.0 Å². The molecule has 1 aromatic rings. The van der Waals surface area contributed by atoms with Gasteiger partial charge in [-0.25, -0.2) is 9.97 Å². The molecule has 2 heterocycles. The summed E-state index contributed by atoms with van der Waals surface area (Å²) in [6.07, 6.45) is 10.3. The number of carbonyl (C=O) groups excluding carboxylic acids is 1. The SMILES string of the molecule is CCNC(=NCCC(=O)N1CCN(c2ncccn2)CC1)NC1CCCCC1.I. The van der Waals surface area contributed by atoms with Gasteiger partial charge in [0, 0.05) is 57.6 Å². The lowest BCUT2D eigenvalue weighted by atomic mass is 9.96. The highest BCUT2D eigenvalue weighted by Crippen LogP contribution is 2.17. The van der Waals surface area contributed by atoms with Gasteiger partial charge in [-0.15, -0.1) is 24.0 Å². The minimum atomic E-state index is 0. The van der Waals surface area contributed by atoms with Gasteiger partial charge in [0.2, 0.25) is 11.9 Å². The summed E-state index contributed by atoms with van der Waals surface area (Å²) >= 11 is 0. The summed E-state index contributed by atoms with van der Waals surface area (Å²) in [6, 6.07) is 2.32. The standard InChI is InChI=1S/C20H33N7O.HI/c1-2-21-19(25-17-7-4-3-5-8-17)22-12-9-18(28)26-13-15-27(16-14-26)20-23-10-6-11-24-20;/h6,10-11,17H,2-5,7-9,12-16H2,1H3,(H2,21,22,25);1H. The number of piperazine rings is 1. The van der Waals surface area contributed by atoms with Gasteiger partial charge < -0.3 is 20.4 Å². The maximum atomic E-state index is 12.5. The molecule has 1 aromatic heterocycles. The van der Waals surface area contributed by atoms with Crippen molar-refractivity contribution in [1.29, 1.82) is 0 Å². The Morgan fingerprint density at radius 2 is 1.83 bits per heavy atom. The Balaban J connectivity index is 0.00000300. The van der Waals surface area contributed by atoms with E-state index in [2.05, 4.69) is 37.4 Å². The number of rotatable bonds is 6. The average Bonchev–Trinajstić information content (AvgIpc) is 2.75. The highest BCUT2D eigenvalue weighted by atomic mass is 127. The molecule has 3 rings (SSSR count). The monoisotopic (exact) mass is 515 g/mol. The van der Waals surface area contributed by atoms with Crippen LogP contribution in [0.5, 0.6) is 0 Å². The number of halogens is 1. The van der Waals surface area contributed by atoms with Crippen LogP contribution in [0.15, 0.2) is 23.5 Å². The van der Waals surface area contributed by atoms with Crippen molar-refractivity contribution in [2.75, 3.05) is 44.2 Å². The van der Waals surface area contributed by atoms with Crippen LogP contribution < -0.4 is 15.5 Å². The molecule has 1 amide bonds. The Hall–Kier alpha value is -1.65. The summed E-state index contributed by atoms with van der Waals surface area (Å²) in [7, 11) is 0. The fraction of sp³-hybridized carbons (Fsp3) is 0.700. The van der Waals surface area contributed by atoms with E-state index in [1.165, 1.54) is 32.1 Å². The summed E-state index contributed by atoms with van der Waals surface area (Å²) in [5.41, 5.74) is 0. The molecule has 0 radical (unpaired) electrons. The van der Waals surface area contributed by atoms with E-state index >= 15 is 0 Å². The van der Waals surface area contributed by atoms with Crippen molar-refractivity contribution >= 4 is 41.8 Å². The number of nitrogens with one attached hydrogen (secondary N) is 2. The number of carbonyl (C=O) groups is 1. The zero-order valence-corrected chi connectivity index (χ0v) is 19.7. The fourth-order valence-corrected chi connectivity index (χ4v) is 3.79. The fourth-order valence-electron chi connectivity index (χ4n) is 3.79. The third kappa shape index (κ3) is 7.60. The van der Waals surface area contributed by atoms with Crippen LogP contribution in [0.4, 0.5) is 5.95 Å². The van der Waals surface area contributed by atoms with Crippen LogP contribution in [0.2, 0.25) is 0 Å². The van der Waals surface area contributed by atoms with E-state index in [-0.39, 0.29) is 29.9 Å². The molecule has 0 spiro atoms. The first-order valence-electron chi connectivity index (χ1n) is 10.6. The van der Waals surface area contributed by atoms with Crippen LogP contribution in [-0.4, -0.2) is 72.0 Å². The number of aliphatic imine (C=N–C) groups is 1. The minimum Gasteiger partial charge on any atom is -0.357 e. The quantitative estimate of drug-likeness (QED) is 0.343. The highest BCUT2D eigenvalue weighted by molar-refractivity contribution is 14.0. The Morgan fingerprint density at radius 1 is 1.14 bits per heavy atom. The molecule has 0 atom stereocenters. The number of nitrogens with zero attached hydrogens (tertiary/aromatic N) is 5. The molecular weight excluding hydrogens is 481 g/mol. The van der Waals surface area contributed by atoms with Gasteiger partial charge in [-0.1, -0.05) is 19.3 Å². The second-order valence-electron chi connectivity index (χ2n) is 7.41. The molecule has 0 unspecified atom stereocenters. The maximum Gasteiger partial charge on any atom is 0.225 e. The first-order valence-corrected chi connectivity index (χ1v) is 10.6. The van der Waals surface area contributed by atoms with Crippen molar-refractivity contribution in [2.45, 2.75) is 51.5 Å². The molecule has 2 fully saturated rings. The predicted octanol–water partition coefficient (Wildman–Crippen LogP) is 2.02. The van der Waals surface area contributed by atoms with Gasteiger partial charge in [0.1, 0.15) is 0 Å². The number of amides is 1. The summed E-state index contributed by atoms with van der Waals surface area (Å²) in [6.45, 7) is 6.37. The molecule has 29 heavy (non-hydrogen) atoms. The minimum absolute atomic E-state index is 0. The Labute approximate surface area is 191 Å². The van der Waals surface area contributed by atoms with Gasteiger partial charge in [-0.05, 0) is 25.8 Å². The Morgan fingerprint density at radius 3 is 2.48 bits per heavy atom. The van der Waals surface area contributed by atoms with E-state index in [4.69, 9.17) is 0 Å². The molecule has 1 saturated carbocycles. The van der Waals surface area contributed by atoms with Gasteiger partial charge >= 0.3 is 0 Å². The van der Waals surface area contributed by atoms with E-state index in [1.807, 2.05) is 11.0 Å². The zero-order chi connectivity index (χ0) is 19.6. The Kier molecular flexibility index (Phi) is 10.4. The Bertz CT molecular complexity index is 629. The maximum absolute atomic E-state index is 12.5. The molecule has 9 heteroatoms. The molecular formula is C20H34IN7O. The molecule has 0 aromatic carbocycles. The van der Waals surface area contributed by atoms with Crippen molar-refractivity contribution in [3.63, 3.8) is 0 Å². The van der Waals surface area contributed by atoms with Gasteiger partial charge in [-0.2, -0.15) is 0 Å². The molecule has 2 N–H and O–H groups in total. The van der Waals surface area contributed by atoms with Crippen molar-refractivity contribution in [3.8, 4) is 0 Å². The smallest absolute Gasteiger partial charge is 0.225 e. The molecule has 1 saturated heterocycles. The molecule has 0 bridgehead atoms. The van der Waals surface area contributed by atoms with Crippen molar-refractivity contribution in [2.24, 2.45) is 4.99 Å². The summed E-state index contributed by atoms with van der Waals surface area (Å²) in [5, 5.41) is 6.83. The van der Waals surface area contributed by atoms with Gasteiger partial charge in [0.05, 0.1) is 6.54 Å². The van der Waals surface area contributed by atoms with E-state index in [1.54, 1.807) is 12.4 Å². The highest BCUT2D eigenvalue weighted by Gasteiger charge is 2.22. The van der Waals surface area contributed by atoms with E-state index in [9.17, 15) is 4.79 Å². The van der Waals surface area contributed by atoms with Crippen molar-refractivity contribution in [1.82, 2.24) is 25.5 Å². The lowest BCUT2D eigenvalue weighted by Crippen LogP contribution is -2.49. The van der Waals surface area contributed by atoms with Crippen molar-refractivity contribution < 1.29 is 4.79 Å². The van der Waals surface area contributed by atoms with Crippen LogP contribution in [0, 0.1) is 0 Å². The number of anilines is 1. The summed E-state index contributed by atoms with van der Waals surface area (Å²) in [5.74, 6) is 1.75. The topological polar surface area (TPSA) is 85.8 Å². The first kappa shape index (κ1) is 23.6. The predicted molar refractivity (Wildman–Crippen MR) is 127 cm³/mol.